The molecule has 1 fully saturated rings. The molecule has 3 rings (SSSR count). The fourth-order valence-electron chi connectivity index (χ4n) is 1.64. The highest BCUT2D eigenvalue weighted by molar-refractivity contribution is 5.09. The van der Waals surface area contributed by atoms with Crippen LogP contribution in [0.5, 0.6) is 0 Å². The van der Waals surface area contributed by atoms with Gasteiger partial charge in [0.15, 0.2) is 0 Å². The minimum absolute atomic E-state index is 0.243. The Kier molecular flexibility index (Phi) is 1.92. The molecule has 0 amide bonds. The van der Waals surface area contributed by atoms with Crippen LogP contribution in [0.25, 0.3) is 0 Å². The van der Waals surface area contributed by atoms with Crippen LogP contribution in [-0.2, 0) is 14.4 Å². The van der Waals surface area contributed by atoms with Crippen LogP contribution in [0.1, 0.15) is 12.8 Å². The second-order valence-corrected chi connectivity index (χ2v) is 3.04. The molecular formula is C8H13NO3. The molecule has 4 heteroatoms. The van der Waals surface area contributed by atoms with Gasteiger partial charge < -0.3 is 4.74 Å². The summed E-state index contributed by atoms with van der Waals surface area (Å²) >= 11 is 0. The van der Waals surface area contributed by atoms with Crippen LogP contribution in [0, 0.1) is 0 Å². The highest BCUT2D eigenvalue weighted by atomic mass is 17.0. The molecule has 12 heavy (non-hydrogen) atoms. The van der Waals surface area contributed by atoms with Crippen LogP contribution in [0.2, 0.25) is 0 Å². The Labute approximate surface area is 71.6 Å². The van der Waals surface area contributed by atoms with E-state index in [4.69, 9.17) is 14.4 Å². The number of ether oxygens (including phenoxy) is 1. The average Bonchev–Trinajstić information content (AvgIpc) is 2.19. The van der Waals surface area contributed by atoms with Crippen molar-refractivity contribution < 1.29 is 14.4 Å². The number of hydrogen-bond donors (Lipinski definition) is 0. The first-order valence-corrected chi connectivity index (χ1v) is 4.07. The summed E-state index contributed by atoms with van der Waals surface area (Å²) in [6, 6.07) is 0.243. The Morgan fingerprint density at radius 3 is 2.92 bits per heavy atom. The van der Waals surface area contributed by atoms with Crippen LogP contribution in [-0.4, -0.2) is 31.3 Å². The zero-order chi connectivity index (χ0) is 8.60. The first-order chi connectivity index (χ1) is 5.79. The van der Waals surface area contributed by atoms with Gasteiger partial charge >= 0.3 is 0 Å². The Morgan fingerprint density at radius 2 is 2.42 bits per heavy atom. The van der Waals surface area contributed by atoms with E-state index in [0.717, 1.165) is 12.8 Å². The number of methoxy groups -OCH3 is 1. The number of hydrogen-bond acceptors (Lipinski definition) is 4. The average molecular weight is 171 g/mol. The molecule has 2 heterocycles. The molecule has 68 valence electrons. The molecule has 2 atom stereocenters. The molecular weight excluding hydrogens is 158 g/mol. The van der Waals surface area contributed by atoms with Crippen molar-refractivity contribution in [1.29, 1.82) is 0 Å². The lowest BCUT2D eigenvalue weighted by molar-refractivity contribution is -0.465. The molecule has 0 spiro atoms. The van der Waals surface area contributed by atoms with Gasteiger partial charge in [0.05, 0.1) is 13.2 Å². The second kappa shape index (κ2) is 2.81. The van der Waals surface area contributed by atoms with E-state index in [1.807, 2.05) is 6.08 Å². The highest BCUT2D eigenvalue weighted by Crippen LogP contribution is 2.36. The van der Waals surface area contributed by atoms with Crippen molar-refractivity contribution in [3.05, 3.63) is 12.2 Å². The monoisotopic (exact) mass is 171 g/mol. The summed E-state index contributed by atoms with van der Waals surface area (Å²) in [6.07, 6.45) is 5.92. The van der Waals surface area contributed by atoms with Gasteiger partial charge in [0.25, 0.3) is 0 Å². The molecule has 0 N–H and O–H groups in total. The van der Waals surface area contributed by atoms with Crippen molar-refractivity contribution >= 4 is 0 Å². The van der Waals surface area contributed by atoms with Gasteiger partial charge in [-0.15, -0.1) is 0 Å². The Bertz CT molecular complexity index is 206. The van der Waals surface area contributed by atoms with Gasteiger partial charge in [0, 0.05) is 13.5 Å². The zero-order valence-corrected chi connectivity index (χ0v) is 7.32. The zero-order valence-electron chi connectivity index (χ0n) is 7.32. The molecule has 2 aliphatic heterocycles. The lowest BCUT2D eigenvalue weighted by atomic mass is 9.96. The predicted octanol–water partition coefficient (Wildman–Crippen LogP) is 0.856. The number of hydroxylamine groups is 2. The largest absolute Gasteiger partial charge is 0.348 e. The molecule has 0 aromatic heterocycles. The van der Waals surface area contributed by atoms with Gasteiger partial charge in [-0.1, -0.05) is 11.3 Å². The summed E-state index contributed by atoms with van der Waals surface area (Å²) in [5, 5.41) is 1.49. The van der Waals surface area contributed by atoms with Crippen molar-refractivity contribution in [2.45, 2.75) is 24.7 Å². The van der Waals surface area contributed by atoms with Crippen molar-refractivity contribution in [3.63, 3.8) is 0 Å². The van der Waals surface area contributed by atoms with Gasteiger partial charge in [-0.3, -0.25) is 4.84 Å². The Morgan fingerprint density at radius 1 is 1.58 bits per heavy atom. The second-order valence-electron chi connectivity index (χ2n) is 3.04. The van der Waals surface area contributed by atoms with Crippen molar-refractivity contribution in [2.24, 2.45) is 0 Å². The minimum atomic E-state index is -0.579. The van der Waals surface area contributed by atoms with E-state index in [1.165, 1.54) is 5.23 Å². The van der Waals surface area contributed by atoms with Crippen LogP contribution >= 0.6 is 0 Å². The number of nitrogens with zero attached hydrogens (tertiary/aromatic N) is 1. The van der Waals surface area contributed by atoms with Gasteiger partial charge in [-0.2, -0.15) is 0 Å². The van der Waals surface area contributed by atoms with Crippen molar-refractivity contribution in [1.82, 2.24) is 5.23 Å². The molecule has 4 nitrogen and oxygen atoms in total. The van der Waals surface area contributed by atoms with Gasteiger partial charge in [0.2, 0.25) is 5.79 Å². The summed E-state index contributed by atoms with van der Waals surface area (Å²) in [5.74, 6) is -0.579. The predicted molar refractivity (Wildman–Crippen MR) is 41.8 cm³/mol. The summed E-state index contributed by atoms with van der Waals surface area (Å²) in [5.41, 5.74) is 0. The Balaban J connectivity index is 2.19. The first-order valence-electron chi connectivity index (χ1n) is 4.07. The summed E-state index contributed by atoms with van der Waals surface area (Å²) < 4.78 is 5.27. The molecule has 0 radical (unpaired) electrons. The minimum Gasteiger partial charge on any atom is -0.348 e. The molecule has 3 aliphatic rings. The fraction of sp³-hybridized carbons (Fsp3) is 0.750. The van der Waals surface area contributed by atoms with Gasteiger partial charge in [0.1, 0.15) is 0 Å². The SMILES string of the molecule is CON1O[C@@]2(OC)C=C[C@H]1CC2. The standard InChI is InChI=1S/C8H13NO3/c1-10-8-5-3-7(4-6-8)9(11-2)12-8/h3,5,7H,4,6H2,1-2H3/t7-,8-/m0/s1. The van der Waals surface area contributed by atoms with Gasteiger partial charge in [-0.25, -0.2) is 4.84 Å². The molecule has 0 unspecified atom stereocenters. The molecule has 1 aliphatic carbocycles. The first kappa shape index (κ1) is 8.19. The Hall–Kier alpha value is -0.420. The maximum absolute atomic E-state index is 5.47. The van der Waals surface area contributed by atoms with Crippen LogP contribution in [0.15, 0.2) is 12.2 Å². The smallest absolute Gasteiger partial charge is 0.209 e. The van der Waals surface area contributed by atoms with E-state index in [2.05, 4.69) is 6.08 Å². The van der Waals surface area contributed by atoms with Crippen molar-refractivity contribution in [2.75, 3.05) is 14.2 Å². The summed E-state index contributed by atoms with van der Waals surface area (Å²) in [4.78, 5) is 10.5. The molecule has 1 saturated heterocycles. The normalized spacial score (nSPS) is 40.7. The maximum atomic E-state index is 5.47. The fourth-order valence-corrected chi connectivity index (χ4v) is 1.64. The molecule has 2 bridgehead atoms. The highest BCUT2D eigenvalue weighted by Gasteiger charge is 2.43. The van der Waals surface area contributed by atoms with Gasteiger partial charge in [-0.05, 0) is 12.5 Å². The molecule has 0 aromatic rings. The van der Waals surface area contributed by atoms with E-state index in [0.29, 0.717) is 0 Å². The van der Waals surface area contributed by atoms with Crippen molar-refractivity contribution in [3.8, 4) is 0 Å². The van der Waals surface area contributed by atoms with E-state index in [-0.39, 0.29) is 6.04 Å². The third kappa shape index (κ3) is 1.08. The number of rotatable bonds is 2. The van der Waals surface area contributed by atoms with E-state index >= 15 is 0 Å². The molecule has 0 aromatic carbocycles. The summed E-state index contributed by atoms with van der Waals surface area (Å²) in [6.45, 7) is 0. The summed E-state index contributed by atoms with van der Waals surface area (Å²) in [7, 11) is 3.24. The lowest BCUT2D eigenvalue weighted by Crippen LogP contribution is -2.53. The third-order valence-electron chi connectivity index (χ3n) is 2.40. The topological polar surface area (TPSA) is 30.9 Å². The van der Waals surface area contributed by atoms with E-state index < -0.39 is 5.79 Å². The quantitative estimate of drug-likeness (QED) is 0.576. The maximum Gasteiger partial charge on any atom is 0.209 e. The van der Waals surface area contributed by atoms with Crippen LogP contribution in [0.3, 0.4) is 0 Å². The van der Waals surface area contributed by atoms with E-state index in [9.17, 15) is 0 Å². The van der Waals surface area contributed by atoms with Crippen LogP contribution < -0.4 is 0 Å². The third-order valence-corrected chi connectivity index (χ3v) is 2.40. The van der Waals surface area contributed by atoms with E-state index in [1.54, 1.807) is 14.2 Å². The lowest BCUT2D eigenvalue weighted by Gasteiger charge is -2.45. The number of fused-ring (bicyclic) bond motifs is 2. The van der Waals surface area contributed by atoms with Crippen LogP contribution in [0.4, 0.5) is 0 Å². The molecule has 0 saturated carbocycles.